The number of nitrogens with zero attached hydrogens (tertiary/aromatic N) is 7. The fourth-order valence-corrected chi connectivity index (χ4v) is 4.35. The van der Waals surface area contributed by atoms with Gasteiger partial charge >= 0.3 is 5.69 Å². The molecule has 0 saturated carbocycles. The average Bonchev–Trinajstić information content (AvgIpc) is 3.39. The molecule has 210 valence electrons. The van der Waals surface area contributed by atoms with Crippen molar-refractivity contribution in [3.63, 3.8) is 0 Å². The number of benzene rings is 4. The first kappa shape index (κ1) is 28.0. The Labute approximate surface area is 243 Å². The third-order valence-electron chi connectivity index (χ3n) is 6.60. The van der Waals surface area contributed by atoms with Crippen LogP contribution in [0.3, 0.4) is 0 Å². The number of H-pyrrole nitrogens is 2. The number of aromatic nitrogens is 2. The highest BCUT2D eigenvalue weighted by Gasteiger charge is 2.06. The molecule has 0 amide bonds. The molecular formula is C32H31N9O. The molecule has 1 heterocycles. The van der Waals surface area contributed by atoms with Gasteiger partial charge in [-0.05, 0) is 111 Å². The molecule has 42 heavy (non-hydrogen) atoms. The van der Waals surface area contributed by atoms with Crippen molar-refractivity contribution in [3.8, 4) is 0 Å². The van der Waals surface area contributed by atoms with Gasteiger partial charge in [-0.2, -0.15) is 25.6 Å². The molecule has 0 spiro atoms. The van der Waals surface area contributed by atoms with Gasteiger partial charge in [-0.15, -0.1) is 5.11 Å². The Bertz CT molecular complexity index is 1840. The summed E-state index contributed by atoms with van der Waals surface area (Å²) in [6, 6.07) is 26.3. The Morgan fingerprint density at radius 3 is 1.71 bits per heavy atom. The molecule has 0 aliphatic carbocycles. The van der Waals surface area contributed by atoms with E-state index in [9.17, 15) is 4.79 Å². The first-order chi connectivity index (χ1) is 20.4. The molecule has 10 heteroatoms. The van der Waals surface area contributed by atoms with E-state index in [1.54, 1.807) is 18.2 Å². The number of hydrogen-bond donors (Lipinski definition) is 2. The average molecular weight is 558 g/mol. The molecule has 4 aromatic carbocycles. The summed E-state index contributed by atoms with van der Waals surface area (Å²) >= 11 is 0. The summed E-state index contributed by atoms with van der Waals surface area (Å²) in [5, 5.41) is 26.2. The molecular weight excluding hydrogens is 526 g/mol. The highest BCUT2D eigenvalue weighted by atomic mass is 16.1. The van der Waals surface area contributed by atoms with Gasteiger partial charge in [-0.1, -0.05) is 6.58 Å². The third kappa shape index (κ3) is 6.79. The second-order valence-electron chi connectivity index (χ2n) is 9.60. The Hall–Kier alpha value is -5.51. The zero-order valence-electron chi connectivity index (χ0n) is 23.7. The maximum Gasteiger partial charge on any atom is 0.323 e. The molecule has 0 saturated heterocycles. The van der Waals surface area contributed by atoms with Crippen LogP contribution in [0.2, 0.25) is 0 Å². The summed E-state index contributed by atoms with van der Waals surface area (Å²) in [5.41, 5.74) is 8.15. The number of aromatic amines is 2. The van der Waals surface area contributed by atoms with Crippen molar-refractivity contribution in [3.05, 3.63) is 108 Å². The summed E-state index contributed by atoms with van der Waals surface area (Å²) < 4.78 is 0. The van der Waals surface area contributed by atoms with Gasteiger partial charge in [0.05, 0.1) is 45.2 Å². The van der Waals surface area contributed by atoms with Crippen LogP contribution in [0.15, 0.2) is 127 Å². The predicted molar refractivity (Wildman–Crippen MR) is 169 cm³/mol. The largest absolute Gasteiger partial charge is 0.372 e. The van der Waals surface area contributed by atoms with Gasteiger partial charge in [0.15, 0.2) is 0 Å². The number of nitrogens with one attached hydrogen (secondary N) is 2. The van der Waals surface area contributed by atoms with Crippen molar-refractivity contribution >= 4 is 56.4 Å². The van der Waals surface area contributed by atoms with Crippen LogP contribution in [-0.2, 0) is 0 Å². The molecule has 0 bridgehead atoms. The second-order valence-corrected chi connectivity index (χ2v) is 9.60. The number of hydrogen-bond acceptors (Lipinski definition) is 8. The Kier molecular flexibility index (Phi) is 8.53. The van der Waals surface area contributed by atoms with Gasteiger partial charge in [0.2, 0.25) is 0 Å². The van der Waals surface area contributed by atoms with Crippen LogP contribution in [0.1, 0.15) is 26.3 Å². The van der Waals surface area contributed by atoms with Crippen LogP contribution in [0, 0.1) is 0 Å². The van der Waals surface area contributed by atoms with Gasteiger partial charge in [-0.3, -0.25) is 0 Å². The number of azo groups is 3. The van der Waals surface area contributed by atoms with Crippen molar-refractivity contribution in [1.29, 1.82) is 0 Å². The Morgan fingerprint density at radius 1 is 0.643 bits per heavy atom. The molecule has 5 rings (SSSR count). The molecule has 0 fully saturated rings. The highest BCUT2D eigenvalue weighted by molar-refractivity contribution is 5.78. The zero-order chi connectivity index (χ0) is 29.5. The van der Waals surface area contributed by atoms with E-state index in [4.69, 9.17) is 0 Å². The minimum atomic E-state index is -0.256. The summed E-state index contributed by atoms with van der Waals surface area (Å²) in [5.74, 6) is 0. The number of rotatable bonds is 10. The third-order valence-corrected chi connectivity index (χ3v) is 6.60. The van der Waals surface area contributed by atoms with E-state index < -0.39 is 0 Å². The van der Waals surface area contributed by atoms with E-state index in [0.717, 1.165) is 35.4 Å². The Balaban J connectivity index is 1.26. The Morgan fingerprint density at radius 2 is 1.12 bits per heavy atom. The quantitative estimate of drug-likeness (QED) is 0.166. The molecule has 5 aromatic rings. The SMILES string of the molecule is C=C(C)c1cc(N=Nc2ccc(N(CC)CC)cc2)ccc1N=Nc1ccc(N=Nc2ccc3[nH]c(=O)[nH]c3c2)cc1. The van der Waals surface area contributed by atoms with Crippen molar-refractivity contribution in [2.45, 2.75) is 20.8 Å². The first-order valence-corrected chi connectivity index (χ1v) is 13.6. The van der Waals surface area contributed by atoms with Gasteiger partial charge < -0.3 is 14.9 Å². The number of allylic oxidation sites excluding steroid dienone is 1. The minimum Gasteiger partial charge on any atom is -0.372 e. The topological polar surface area (TPSA) is 126 Å². The highest BCUT2D eigenvalue weighted by Crippen LogP contribution is 2.32. The van der Waals surface area contributed by atoms with Gasteiger partial charge in [0.1, 0.15) is 0 Å². The van der Waals surface area contributed by atoms with E-state index in [0.29, 0.717) is 34.0 Å². The van der Waals surface area contributed by atoms with Crippen molar-refractivity contribution in [1.82, 2.24) is 9.97 Å². The maximum absolute atomic E-state index is 11.4. The summed E-state index contributed by atoms with van der Waals surface area (Å²) in [6.07, 6.45) is 0. The van der Waals surface area contributed by atoms with Crippen molar-refractivity contribution in [2.75, 3.05) is 18.0 Å². The summed E-state index contributed by atoms with van der Waals surface area (Å²) in [4.78, 5) is 19.1. The monoisotopic (exact) mass is 557 g/mol. The van der Waals surface area contributed by atoms with E-state index in [1.807, 2.05) is 61.5 Å². The molecule has 2 N–H and O–H groups in total. The van der Waals surface area contributed by atoms with E-state index in [-0.39, 0.29) is 5.69 Å². The lowest BCUT2D eigenvalue weighted by Crippen LogP contribution is -2.21. The van der Waals surface area contributed by atoms with Crippen LogP contribution in [-0.4, -0.2) is 23.1 Å². The fraction of sp³-hybridized carbons (Fsp3) is 0.156. The van der Waals surface area contributed by atoms with Crippen LogP contribution >= 0.6 is 0 Å². The molecule has 0 radical (unpaired) electrons. The van der Waals surface area contributed by atoms with Crippen LogP contribution in [0.5, 0.6) is 0 Å². The normalized spacial score (nSPS) is 11.8. The zero-order valence-corrected chi connectivity index (χ0v) is 23.7. The summed E-state index contributed by atoms with van der Waals surface area (Å²) in [6.45, 7) is 12.2. The second kappa shape index (κ2) is 12.8. The predicted octanol–water partition coefficient (Wildman–Crippen LogP) is 9.98. The minimum absolute atomic E-state index is 0.256. The van der Waals surface area contributed by atoms with Crippen LogP contribution in [0.4, 0.5) is 39.8 Å². The smallest absolute Gasteiger partial charge is 0.323 e. The van der Waals surface area contributed by atoms with E-state index in [1.165, 1.54) is 5.69 Å². The fourth-order valence-electron chi connectivity index (χ4n) is 4.35. The molecule has 0 aliphatic rings. The lowest BCUT2D eigenvalue weighted by atomic mass is 10.1. The van der Waals surface area contributed by atoms with Gasteiger partial charge in [0, 0.05) is 24.3 Å². The number of anilines is 1. The van der Waals surface area contributed by atoms with Crippen molar-refractivity contribution in [2.24, 2.45) is 30.7 Å². The van der Waals surface area contributed by atoms with E-state index >= 15 is 0 Å². The number of imidazole rings is 1. The van der Waals surface area contributed by atoms with Gasteiger partial charge in [-0.25, -0.2) is 4.79 Å². The van der Waals surface area contributed by atoms with Crippen LogP contribution in [0.25, 0.3) is 16.6 Å². The molecule has 0 atom stereocenters. The first-order valence-electron chi connectivity index (χ1n) is 13.6. The van der Waals surface area contributed by atoms with Crippen LogP contribution < -0.4 is 10.6 Å². The lowest BCUT2D eigenvalue weighted by molar-refractivity contribution is 0.866. The maximum atomic E-state index is 11.4. The molecule has 0 aliphatic heterocycles. The lowest BCUT2D eigenvalue weighted by Gasteiger charge is -2.20. The van der Waals surface area contributed by atoms with Crippen molar-refractivity contribution < 1.29 is 0 Å². The summed E-state index contributed by atoms with van der Waals surface area (Å²) in [7, 11) is 0. The van der Waals surface area contributed by atoms with Gasteiger partial charge in [0.25, 0.3) is 0 Å². The molecule has 1 aromatic heterocycles. The number of fused-ring (bicyclic) bond motifs is 1. The molecule has 10 nitrogen and oxygen atoms in total. The molecule has 0 unspecified atom stereocenters. The standard InChI is InChI=1S/C32H31N9O/c1-5-41(6-2)27-15-11-24(12-16-27)36-38-25-13-17-29(28(19-25)21(3)4)40-37-23-9-7-22(8-10-23)35-39-26-14-18-30-31(20-26)34-32(42)33-30/h7-20H,3,5-6H2,1-2,4H3,(H2,33,34,42). The van der Waals surface area contributed by atoms with E-state index in [2.05, 4.69) is 78.1 Å².